The van der Waals surface area contributed by atoms with Gasteiger partial charge in [-0.05, 0) is 23.8 Å². The van der Waals surface area contributed by atoms with Gasteiger partial charge < -0.3 is 5.11 Å². The Kier molecular flexibility index (Phi) is 4.51. The van der Waals surface area contributed by atoms with E-state index in [0.29, 0.717) is 14.8 Å². The first-order chi connectivity index (χ1) is 9.47. The highest BCUT2D eigenvalue weighted by atomic mass is 32.2. The molecule has 0 bridgehead atoms. The summed E-state index contributed by atoms with van der Waals surface area (Å²) in [7, 11) is 0. The molecule has 1 aliphatic rings. The first-order valence-electron chi connectivity index (χ1n) is 5.70. The van der Waals surface area contributed by atoms with Gasteiger partial charge in [0, 0.05) is 6.54 Å². The lowest BCUT2D eigenvalue weighted by atomic mass is 10.2. The monoisotopic (exact) mass is 311 g/mol. The molecule has 104 valence electrons. The van der Waals surface area contributed by atoms with Gasteiger partial charge in [-0.2, -0.15) is 0 Å². The van der Waals surface area contributed by atoms with E-state index in [0.717, 1.165) is 11.8 Å². The van der Waals surface area contributed by atoms with Gasteiger partial charge in [-0.15, -0.1) is 0 Å². The van der Waals surface area contributed by atoms with E-state index in [1.807, 2.05) is 0 Å². The summed E-state index contributed by atoms with van der Waals surface area (Å²) in [5.41, 5.74) is 0.685. The summed E-state index contributed by atoms with van der Waals surface area (Å²) in [6, 6.07) is 5.71. The highest BCUT2D eigenvalue weighted by Gasteiger charge is 2.31. The predicted molar refractivity (Wildman–Crippen MR) is 78.5 cm³/mol. The molecular weight excluding hydrogens is 301 g/mol. The molecule has 7 heteroatoms. The maximum atomic E-state index is 12.8. The Morgan fingerprint density at radius 2 is 2.05 bits per heavy atom. The number of benzene rings is 1. The Bertz CT molecular complexity index is 598. The standard InChI is InChI=1S/C13H10FNO3S2/c14-9-3-1-8(2-4-9)7-10-12(18)15(13(19)20-10)6-5-11(16)17/h1-4,7H,5-6H2,(H,16,17)/b10-7+. The van der Waals surface area contributed by atoms with Gasteiger partial charge >= 0.3 is 5.97 Å². The smallest absolute Gasteiger partial charge is 0.305 e. The lowest BCUT2D eigenvalue weighted by Gasteiger charge is -2.12. The first kappa shape index (κ1) is 14.7. The third kappa shape index (κ3) is 3.43. The fraction of sp³-hybridized carbons (Fsp3) is 0.154. The molecule has 1 saturated heterocycles. The van der Waals surface area contributed by atoms with Crippen LogP contribution in [0.25, 0.3) is 6.08 Å². The van der Waals surface area contributed by atoms with Crippen molar-refractivity contribution in [2.75, 3.05) is 6.54 Å². The lowest BCUT2D eigenvalue weighted by Crippen LogP contribution is -2.30. The molecule has 0 radical (unpaired) electrons. The fourth-order valence-electron chi connectivity index (χ4n) is 1.61. The summed E-state index contributed by atoms with van der Waals surface area (Å²) < 4.78 is 13.1. The number of hydrogen-bond donors (Lipinski definition) is 1. The van der Waals surface area contributed by atoms with Crippen molar-refractivity contribution < 1.29 is 19.1 Å². The highest BCUT2D eigenvalue weighted by Crippen LogP contribution is 2.32. The summed E-state index contributed by atoms with van der Waals surface area (Å²) in [5.74, 6) is -1.65. The number of aliphatic carboxylic acids is 1. The van der Waals surface area contributed by atoms with Crippen molar-refractivity contribution in [2.24, 2.45) is 0 Å². The molecule has 1 aliphatic heterocycles. The number of hydrogen-bond acceptors (Lipinski definition) is 4. The Hall–Kier alpha value is -1.73. The second-order valence-electron chi connectivity index (χ2n) is 4.03. The molecule has 2 rings (SSSR count). The van der Waals surface area contributed by atoms with Crippen LogP contribution in [-0.2, 0) is 9.59 Å². The minimum atomic E-state index is -0.985. The number of carboxylic acids is 1. The number of thioether (sulfide) groups is 1. The molecule has 1 aromatic carbocycles. The van der Waals surface area contributed by atoms with Crippen LogP contribution >= 0.6 is 24.0 Å². The van der Waals surface area contributed by atoms with Crippen molar-refractivity contribution in [1.82, 2.24) is 4.90 Å². The second-order valence-corrected chi connectivity index (χ2v) is 5.70. The first-order valence-corrected chi connectivity index (χ1v) is 6.92. The number of carbonyl (C=O) groups excluding carboxylic acids is 1. The summed E-state index contributed by atoms with van der Waals surface area (Å²) in [5, 5.41) is 8.64. The number of amides is 1. The van der Waals surface area contributed by atoms with Crippen molar-refractivity contribution >= 4 is 46.3 Å². The number of thiocarbonyl (C=S) groups is 1. The van der Waals surface area contributed by atoms with Crippen LogP contribution in [0.3, 0.4) is 0 Å². The molecule has 4 nitrogen and oxygen atoms in total. The Labute approximate surface area is 124 Å². The second kappa shape index (κ2) is 6.15. The summed E-state index contributed by atoms with van der Waals surface area (Å²) in [6.07, 6.45) is 1.45. The van der Waals surface area contributed by atoms with Crippen molar-refractivity contribution in [3.63, 3.8) is 0 Å². The van der Waals surface area contributed by atoms with Crippen molar-refractivity contribution in [3.05, 3.63) is 40.6 Å². The van der Waals surface area contributed by atoms with Crippen LogP contribution in [0.5, 0.6) is 0 Å². The van der Waals surface area contributed by atoms with Gasteiger partial charge in [0.1, 0.15) is 10.1 Å². The van der Waals surface area contributed by atoms with Gasteiger partial charge in [0.2, 0.25) is 0 Å². The van der Waals surface area contributed by atoms with E-state index in [4.69, 9.17) is 17.3 Å². The van der Waals surface area contributed by atoms with E-state index in [1.54, 1.807) is 18.2 Å². The van der Waals surface area contributed by atoms with Crippen LogP contribution in [0.15, 0.2) is 29.2 Å². The maximum Gasteiger partial charge on any atom is 0.305 e. The van der Waals surface area contributed by atoms with E-state index in [9.17, 15) is 14.0 Å². The molecule has 1 aromatic rings. The molecule has 1 fully saturated rings. The number of carboxylic acid groups (broad SMARTS) is 1. The largest absolute Gasteiger partial charge is 0.481 e. The third-order valence-corrected chi connectivity index (χ3v) is 3.97. The van der Waals surface area contributed by atoms with E-state index < -0.39 is 5.97 Å². The van der Waals surface area contributed by atoms with Gasteiger partial charge in [-0.25, -0.2) is 4.39 Å². The van der Waals surface area contributed by atoms with Gasteiger partial charge in [-0.1, -0.05) is 36.1 Å². The SMILES string of the molecule is O=C(O)CCN1C(=O)/C(=C\c2ccc(F)cc2)SC1=S. The average Bonchev–Trinajstić information content (AvgIpc) is 2.65. The molecule has 0 spiro atoms. The Morgan fingerprint density at radius 3 is 2.65 bits per heavy atom. The van der Waals surface area contributed by atoms with E-state index >= 15 is 0 Å². The molecule has 0 atom stereocenters. The van der Waals surface area contributed by atoms with Gasteiger partial charge in [0.05, 0.1) is 11.3 Å². The predicted octanol–water partition coefficient (Wildman–Crippen LogP) is 2.50. The molecule has 0 aromatic heterocycles. The van der Waals surface area contributed by atoms with Crippen molar-refractivity contribution in [2.45, 2.75) is 6.42 Å². The Morgan fingerprint density at radius 1 is 1.40 bits per heavy atom. The molecule has 0 unspecified atom stereocenters. The normalized spacial score (nSPS) is 17.1. The van der Waals surface area contributed by atoms with Gasteiger partial charge in [0.25, 0.3) is 5.91 Å². The average molecular weight is 311 g/mol. The van der Waals surface area contributed by atoms with Crippen LogP contribution in [0.2, 0.25) is 0 Å². The van der Waals surface area contributed by atoms with Crippen molar-refractivity contribution in [1.29, 1.82) is 0 Å². The topological polar surface area (TPSA) is 57.6 Å². The van der Waals surface area contributed by atoms with Crippen molar-refractivity contribution in [3.8, 4) is 0 Å². The van der Waals surface area contributed by atoms with Crippen LogP contribution in [0.4, 0.5) is 4.39 Å². The minimum Gasteiger partial charge on any atom is -0.481 e. The minimum absolute atomic E-state index is 0.0563. The summed E-state index contributed by atoms with van der Waals surface area (Å²) >= 11 is 6.17. The Balaban J connectivity index is 2.14. The number of carbonyl (C=O) groups is 2. The molecule has 0 aliphatic carbocycles. The molecular formula is C13H10FNO3S2. The van der Waals surface area contributed by atoms with E-state index in [2.05, 4.69) is 0 Å². The van der Waals surface area contributed by atoms with Gasteiger partial charge in [0.15, 0.2) is 0 Å². The lowest BCUT2D eigenvalue weighted by molar-refractivity contribution is -0.137. The molecule has 0 saturated carbocycles. The quantitative estimate of drug-likeness (QED) is 0.684. The zero-order valence-electron chi connectivity index (χ0n) is 10.2. The number of rotatable bonds is 4. The van der Waals surface area contributed by atoms with Crippen LogP contribution < -0.4 is 0 Å². The zero-order chi connectivity index (χ0) is 14.7. The van der Waals surface area contributed by atoms with Crippen LogP contribution in [0, 0.1) is 5.82 Å². The van der Waals surface area contributed by atoms with Crippen LogP contribution in [-0.4, -0.2) is 32.7 Å². The third-order valence-electron chi connectivity index (χ3n) is 2.59. The number of halogens is 1. The summed E-state index contributed by atoms with van der Waals surface area (Å²) in [4.78, 5) is 24.3. The molecule has 20 heavy (non-hydrogen) atoms. The maximum absolute atomic E-state index is 12.8. The number of nitrogens with zero attached hydrogens (tertiary/aromatic N) is 1. The van der Waals surface area contributed by atoms with E-state index in [-0.39, 0.29) is 24.7 Å². The molecule has 1 heterocycles. The molecule has 1 amide bonds. The van der Waals surface area contributed by atoms with Gasteiger partial charge in [-0.3, -0.25) is 14.5 Å². The van der Waals surface area contributed by atoms with E-state index in [1.165, 1.54) is 17.0 Å². The summed E-state index contributed by atoms with van der Waals surface area (Å²) in [6.45, 7) is 0.0563. The van der Waals surface area contributed by atoms with Crippen LogP contribution in [0.1, 0.15) is 12.0 Å². The molecule has 1 N–H and O–H groups in total. The fourth-order valence-corrected chi connectivity index (χ4v) is 2.92. The zero-order valence-corrected chi connectivity index (χ0v) is 11.8. The highest BCUT2D eigenvalue weighted by molar-refractivity contribution is 8.26.